The molecule has 1 amide bonds. The third kappa shape index (κ3) is 2.32. The third-order valence-electron chi connectivity index (χ3n) is 2.32. The van der Waals surface area contributed by atoms with Gasteiger partial charge in [0.2, 0.25) is 0 Å². The lowest BCUT2D eigenvalue weighted by atomic mass is 10.1. The first-order valence-electron chi connectivity index (χ1n) is 4.76. The fourth-order valence-electron chi connectivity index (χ4n) is 1.51. The quantitative estimate of drug-likeness (QED) is 0.745. The molecule has 2 N–H and O–H groups in total. The average molecular weight is 231 g/mol. The normalized spacial score (nSPS) is 19.4. The van der Waals surface area contributed by atoms with Gasteiger partial charge in [-0.25, -0.2) is 8.78 Å². The second kappa shape index (κ2) is 3.78. The number of carbonyl (C=O) groups excluding carboxylic acids is 1. The highest BCUT2D eigenvalue weighted by molar-refractivity contribution is 5.90. The highest BCUT2D eigenvalue weighted by Crippen LogP contribution is 2.25. The highest BCUT2D eigenvalue weighted by Gasteiger charge is 2.43. The van der Waals surface area contributed by atoms with Gasteiger partial charge >= 0.3 is 0 Å². The molecule has 1 aliphatic rings. The second-order valence-electron chi connectivity index (χ2n) is 3.76. The van der Waals surface area contributed by atoms with Crippen molar-refractivity contribution in [3.05, 3.63) is 11.9 Å². The number of nitrogens with two attached hydrogens (primary N) is 1. The van der Waals surface area contributed by atoms with Crippen LogP contribution in [0.5, 0.6) is 0 Å². The van der Waals surface area contributed by atoms with Crippen LogP contribution in [-0.4, -0.2) is 51.4 Å². The van der Waals surface area contributed by atoms with E-state index in [0.29, 0.717) is 13.1 Å². The van der Waals surface area contributed by atoms with Crippen LogP contribution in [0.3, 0.4) is 0 Å². The van der Waals surface area contributed by atoms with E-state index in [1.807, 2.05) is 0 Å². The molecule has 0 radical (unpaired) electrons. The number of hydrogen-bond acceptors (Lipinski definition) is 4. The van der Waals surface area contributed by atoms with Crippen LogP contribution in [0.1, 0.15) is 10.5 Å². The number of carbonyl (C=O) groups is 1. The Morgan fingerprint density at radius 1 is 1.50 bits per heavy atom. The molecule has 2 rings (SSSR count). The molecule has 1 aliphatic heterocycles. The summed E-state index contributed by atoms with van der Waals surface area (Å²) in [5.41, 5.74) is 5.07. The molecular weight excluding hydrogens is 220 g/mol. The van der Waals surface area contributed by atoms with Crippen molar-refractivity contribution in [2.75, 3.05) is 19.6 Å². The molecule has 0 unspecified atom stereocenters. The van der Waals surface area contributed by atoms with Gasteiger partial charge in [0.25, 0.3) is 11.8 Å². The maximum Gasteiger partial charge on any atom is 0.272 e. The van der Waals surface area contributed by atoms with Gasteiger partial charge in [-0.2, -0.15) is 9.90 Å². The Labute approximate surface area is 90.0 Å². The minimum absolute atomic E-state index is 0.0777. The number of amides is 1. The summed E-state index contributed by atoms with van der Waals surface area (Å²) in [6.45, 7) is 0.347. The molecule has 2 heterocycles. The molecule has 16 heavy (non-hydrogen) atoms. The fraction of sp³-hybridized carbons (Fsp3) is 0.625. The van der Waals surface area contributed by atoms with Crippen molar-refractivity contribution >= 4 is 5.91 Å². The SMILES string of the molecule is NC(=O)c1cnn(CCN2CC(F)(F)C2)n1. The second-order valence-corrected chi connectivity index (χ2v) is 3.76. The van der Waals surface area contributed by atoms with E-state index in [1.54, 1.807) is 4.90 Å². The summed E-state index contributed by atoms with van der Waals surface area (Å²) in [6, 6.07) is 0. The zero-order valence-corrected chi connectivity index (χ0v) is 8.44. The minimum atomic E-state index is -2.56. The Kier molecular flexibility index (Phi) is 2.58. The number of nitrogens with zero attached hydrogens (tertiary/aromatic N) is 4. The lowest BCUT2D eigenvalue weighted by Crippen LogP contribution is -2.56. The molecule has 6 nitrogen and oxygen atoms in total. The summed E-state index contributed by atoms with van der Waals surface area (Å²) >= 11 is 0. The highest BCUT2D eigenvalue weighted by atomic mass is 19.3. The van der Waals surface area contributed by atoms with Crippen LogP contribution in [-0.2, 0) is 6.54 Å². The summed E-state index contributed by atoms with van der Waals surface area (Å²) in [4.78, 5) is 13.6. The number of primary amides is 1. The van der Waals surface area contributed by atoms with Gasteiger partial charge in [0.1, 0.15) is 0 Å². The maximum atomic E-state index is 12.5. The maximum absolute atomic E-state index is 12.5. The molecule has 1 aromatic heterocycles. The lowest BCUT2D eigenvalue weighted by molar-refractivity contribution is -0.131. The van der Waals surface area contributed by atoms with Gasteiger partial charge in [-0.1, -0.05) is 0 Å². The standard InChI is InChI=1S/C8H11F2N5O/c9-8(10)4-14(5-8)1-2-15-12-3-6(13-15)7(11)16/h3H,1-2,4-5H2,(H2,11,16). The summed E-state index contributed by atoms with van der Waals surface area (Å²) in [6.07, 6.45) is 1.26. The van der Waals surface area contributed by atoms with Crippen molar-refractivity contribution in [2.24, 2.45) is 5.73 Å². The average Bonchev–Trinajstić information content (AvgIpc) is 2.59. The predicted molar refractivity (Wildman–Crippen MR) is 49.9 cm³/mol. The van der Waals surface area contributed by atoms with Gasteiger partial charge < -0.3 is 5.73 Å². The topological polar surface area (TPSA) is 77.0 Å². The van der Waals surface area contributed by atoms with Gasteiger partial charge in [0.05, 0.1) is 25.8 Å². The molecular formula is C8H11F2N5O. The van der Waals surface area contributed by atoms with Crippen LogP contribution in [0, 0.1) is 0 Å². The molecule has 0 bridgehead atoms. The van der Waals surface area contributed by atoms with E-state index in [1.165, 1.54) is 11.0 Å². The molecule has 0 aromatic carbocycles. The van der Waals surface area contributed by atoms with Crippen LogP contribution in [0.25, 0.3) is 0 Å². The van der Waals surface area contributed by atoms with E-state index >= 15 is 0 Å². The Hall–Kier alpha value is -1.57. The van der Waals surface area contributed by atoms with Crippen molar-refractivity contribution in [3.63, 3.8) is 0 Å². The Morgan fingerprint density at radius 3 is 2.69 bits per heavy atom. The molecule has 0 spiro atoms. The van der Waals surface area contributed by atoms with Gasteiger partial charge in [-0.15, -0.1) is 5.10 Å². The zero-order valence-electron chi connectivity index (χ0n) is 8.44. The largest absolute Gasteiger partial charge is 0.364 e. The van der Waals surface area contributed by atoms with Gasteiger partial charge in [0.15, 0.2) is 5.69 Å². The van der Waals surface area contributed by atoms with Crippen LogP contribution in [0.15, 0.2) is 6.20 Å². The zero-order chi connectivity index (χ0) is 11.8. The first-order chi connectivity index (χ1) is 7.46. The van der Waals surface area contributed by atoms with Gasteiger partial charge in [0, 0.05) is 6.54 Å². The smallest absolute Gasteiger partial charge is 0.272 e. The molecule has 1 fully saturated rings. The van der Waals surface area contributed by atoms with Crippen molar-refractivity contribution in [2.45, 2.75) is 12.5 Å². The van der Waals surface area contributed by atoms with Crippen LogP contribution in [0.2, 0.25) is 0 Å². The molecule has 1 aromatic rings. The Morgan fingerprint density at radius 2 is 2.19 bits per heavy atom. The molecule has 8 heteroatoms. The molecule has 88 valence electrons. The third-order valence-corrected chi connectivity index (χ3v) is 2.32. The molecule has 0 atom stereocenters. The summed E-state index contributed by atoms with van der Waals surface area (Å²) in [7, 11) is 0. The number of halogens is 2. The predicted octanol–water partition coefficient (Wildman–Crippen LogP) is -0.672. The van der Waals surface area contributed by atoms with Crippen LogP contribution < -0.4 is 5.73 Å². The van der Waals surface area contributed by atoms with Crippen molar-refractivity contribution in [3.8, 4) is 0 Å². The number of rotatable bonds is 4. The minimum Gasteiger partial charge on any atom is -0.364 e. The van der Waals surface area contributed by atoms with Gasteiger partial charge in [-0.05, 0) is 0 Å². The summed E-state index contributed by atoms with van der Waals surface area (Å²) in [5.74, 6) is -3.21. The van der Waals surface area contributed by atoms with E-state index in [-0.39, 0.29) is 18.8 Å². The number of aromatic nitrogens is 3. The van der Waals surface area contributed by atoms with Crippen molar-refractivity contribution in [1.82, 2.24) is 19.9 Å². The van der Waals surface area contributed by atoms with E-state index in [4.69, 9.17) is 5.73 Å². The van der Waals surface area contributed by atoms with E-state index in [9.17, 15) is 13.6 Å². The molecule has 1 saturated heterocycles. The Balaban J connectivity index is 1.80. The monoisotopic (exact) mass is 231 g/mol. The number of alkyl halides is 2. The summed E-state index contributed by atoms with van der Waals surface area (Å²) in [5, 5.41) is 7.59. The van der Waals surface area contributed by atoms with Gasteiger partial charge in [-0.3, -0.25) is 9.69 Å². The fourth-order valence-corrected chi connectivity index (χ4v) is 1.51. The van der Waals surface area contributed by atoms with Crippen molar-refractivity contribution in [1.29, 1.82) is 0 Å². The number of hydrogen-bond donors (Lipinski definition) is 1. The van der Waals surface area contributed by atoms with E-state index in [0.717, 1.165) is 0 Å². The summed E-state index contributed by atoms with van der Waals surface area (Å²) < 4.78 is 25.0. The lowest BCUT2D eigenvalue weighted by Gasteiger charge is -2.38. The first kappa shape index (κ1) is 10.9. The van der Waals surface area contributed by atoms with E-state index < -0.39 is 11.8 Å². The molecule has 0 saturated carbocycles. The van der Waals surface area contributed by atoms with Crippen molar-refractivity contribution < 1.29 is 13.6 Å². The Bertz CT molecular complexity index is 397. The first-order valence-corrected chi connectivity index (χ1v) is 4.76. The molecule has 0 aliphatic carbocycles. The number of likely N-dealkylation sites (tertiary alicyclic amines) is 1. The van der Waals surface area contributed by atoms with Crippen LogP contribution >= 0.6 is 0 Å². The van der Waals surface area contributed by atoms with Crippen LogP contribution in [0.4, 0.5) is 8.78 Å². The van der Waals surface area contributed by atoms with E-state index in [2.05, 4.69) is 10.2 Å².